The minimum atomic E-state index is -0.424. The van der Waals surface area contributed by atoms with Gasteiger partial charge in [-0.05, 0) is 83.7 Å². The van der Waals surface area contributed by atoms with Gasteiger partial charge >= 0.3 is 0 Å². The molecular formula is C24H23BrN2O4. The molecule has 0 aliphatic heterocycles. The van der Waals surface area contributed by atoms with Crippen molar-refractivity contribution >= 4 is 33.5 Å². The zero-order chi connectivity index (χ0) is 22.4. The molecule has 0 fully saturated rings. The summed E-state index contributed by atoms with van der Waals surface area (Å²) in [7, 11) is 0. The standard InChI is InChI=1S/C24H23BrN2O4/c1-4-30-23-13-19(14-26-22-10-5-16(2)11-17(22)3)12-21(25)24(23)31-15-18-6-8-20(9-7-18)27(28)29/h5-14H,4,15H2,1-3H3. The van der Waals surface area contributed by atoms with Gasteiger partial charge in [0.1, 0.15) is 6.61 Å². The third-order valence-corrected chi connectivity index (χ3v) is 5.16. The van der Waals surface area contributed by atoms with E-state index in [2.05, 4.69) is 33.9 Å². The molecule has 0 spiro atoms. The largest absolute Gasteiger partial charge is 0.490 e. The first-order valence-electron chi connectivity index (χ1n) is 9.81. The molecule has 0 aliphatic rings. The summed E-state index contributed by atoms with van der Waals surface area (Å²) >= 11 is 3.57. The van der Waals surface area contributed by atoms with Crippen LogP contribution in [0, 0.1) is 24.0 Å². The Morgan fingerprint density at radius 2 is 1.81 bits per heavy atom. The Balaban J connectivity index is 1.81. The van der Waals surface area contributed by atoms with E-state index in [9.17, 15) is 10.1 Å². The summed E-state index contributed by atoms with van der Waals surface area (Å²) in [5, 5.41) is 10.8. The summed E-state index contributed by atoms with van der Waals surface area (Å²) in [6.07, 6.45) is 1.80. The average Bonchev–Trinajstić information content (AvgIpc) is 2.73. The molecule has 160 valence electrons. The van der Waals surface area contributed by atoms with Crippen LogP contribution in [0.3, 0.4) is 0 Å². The molecule has 3 aromatic rings. The highest BCUT2D eigenvalue weighted by atomic mass is 79.9. The van der Waals surface area contributed by atoms with E-state index in [4.69, 9.17) is 9.47 Å². The molecule has 0 N–H and O–H groups in total. The molecule has 0 aliphatic carbocycles. The van der Waals surface area contributed by atoms with E-state index in [1.165, 1.54) is 17.7 Å². The van der Waals surface area contributed by atoms with Crippen LogP contribution in [0.25, 0.3) is 0 Å². The van der Waals surface area contributed by atoms with Crippen LogP contribution in [0.1, 0.15) is 29.2 Å². The minimum absolute atomic E-state index is 0.0485. The van der Waals surface area contributed by atoms with E-state index < -0.39 is 4.92 Å². The number of aryl methyl sites for hydroxylation is 2. The van der Waals surface area contributed by atoms with E-state index in [0.717, 1.165) is 26.9 Å². The predicted molar refractivity (Wildman–Crippen MR) is 126 cm³/mol. The van der Waals surface area contributed by atoms with Crippen LogP contribution in [0.5, 0.6) is 11.5 Å². The highest BCUT2D eigenvalue weighted by molar-refractivity contribution is 9.10. The average molecular weight is 483 g/mol. The third-order valence-electron chi connectivity index (χ3n) is 4.57. The number of non-ortho nitro benzene ring substituents is 1. The van der Waals surface area contributed by atoms with Gasteiger partial charge in [-0.1, -0.05) is 17.7 Å². The molecule has 0 aromatic heterocycles. The quantitative estimate of drug-likeness (QED) is 0.203. The highest BCUT2D eigenvalue weighted by Crippen LogP contribution is 2.37. The smallest absolute Gasteiger partial charge is 0.269 e. The first-order chi connectivity index (χ1) is 14.9. The van der Waals surface area contributed by atoms with Gasteiger partial charge in [0.2, 0.25) is 0 Å². The van der Waals surface area contributed by atoms with Gasteiger partial charge in [0.15, 0.2) is 11.5 Å². The van der Waals surface area contributed by atoms with Crippen LogP contribution in [0.15, 0.2) is 64.1 Å². The highest BCUT2D eigenvalue weighted by Gasteiger charge is 2.13. The summed E-state index contributed by atoms with van der Waals surface area (Å²) in [5.41, 5.74) is 4.97. The lowest BCUT2D eigenvalue weighted by Crippen LogP contribution is -2.01. The van der Waals surface area contributed by atoms with Crippen molar-refractivity contribution in [2.45, 2.75) is 27.4 Å². The zero-order valence-electron chi connectivity index (χ0n) is 17.6. The van der Waals surface area contributed by atoms with Gasteiger partial charge in [-0.25, -0.2) is 0 Å². The van der Waals surface area contributed by atoms with Gasteiger partial charge in [-0.3, -0.25) is 15.1 Å². The maximum Gasteiger partial charge on any atom is 0.269 e. The Hall–Kier alpha value is -3.19. The Morgan fingerprint density at radius 3 is 2.45 bits per heavy atom. The molecule has 7 heteroatoms. The molecule has 3 rings (SSSR count). The number of nitrogens with zero attached hydrogens (tertiary/aromatic N) is 2. The molecule has 0 saturated heterocycles. The second-order valence-corrected chi connectivity index (χ2v) is 7.88. The lowest BCUT2D eigenvalue weighted by Gasteiger charge is -2.14. The minimum Gasteiger partial charge on any atom is -0.490 e. The topological polar surface area (TPSA) is 74.0 Å². The predicted octanol–water partition coefficient (Wildman–Crippen LogP) is 6.70. The fourth-order valence-electron chi connectivity index (χ4n) is 3.03. The van der Waals surface area contributed by atoms with E-state index >= 15 is 0 Å². The molecule has 6 nitrogen and oxygen atoms in total. The van der Waals surface area contributed by atoms with Crippen molar-refractivity contribution in [2.24, 2.45) is 4.99 Å². The first kappa shape index (κ1) is 22.5. The monoisotopic (exact) mass is 482 g/mol. The number of rotatable bonds is 8. The number of halogens is 1. The number of aliphatic imine (C=N–C) groups is 1. The van der Waals surface area contributed by atoms with Gasteiger partial charge in [-0.2, -0.15) is 0 Å². The van der Waals surface area contributed by atoms with Crippen LogP contribution in [-0.2, 0) is 6.61 Å². The molecule has 31 heavy (non-hydrogen) atoms. The molecular weight excluding hydrogens is 460 g/mol. The third kappa shape index (κ3) is 5.92. The van der Waals surface area contributed by atoms with E-state index in [0.29, 0.717) is 18.1 Å². The molecule has 0 saturated carbocycles. The lowest BCUT2D eigenvalue weighted by molar-refractivity contribution is -0.384. The Labute approximate surface area is 189 Å². The molecule has 3 aromatic carbocycles. The number of hydrogen-bond acceptors (Lipinski definition) is 5. The molecule has 0 unspecified atom stereocenters. The second-order valence-electron chi connectivity index (χ2n) is 7.02. The maximum absolute atomic E-state index is 10.8. The normalized spacial score (nSPS) is 11.0. The summed E-state index contributed by atoms with van der Waals surface area (Å²) < 4.78 is 12.5. The Morgan fingerprint density at radius 1 is 1.06 bits per heavy atom. The summed E-state index contributed by atoms with van der Waals surface area (Å²) in [4.78, 5) is 15.0. The molecule has 0 amide bonds. The number of ether oxygens (including phenoxy) is 2. The molecule has 0 heterocycles. The van der Waals surface area contributed by atoms with Gasteiger partial charge in [-0.15, -0.1) is 0 Å². The fraction of sp³-hybridized carbons (Fsp3) is 0.208. The Kier molecular flexibility index (Phi) is 7.41. The van der Waals surface area contributed by atoms with Crippen LogP contribution < -0.4 is 9.47 Å². The number of benzene rings is 3. The first-order valence-corrected chi connectivity index (χ1v) is 10.6. The summed E-state index contributed by atoms with van der Waals surface area (Å²) in [6, 6.07) is 16.2. The van der Waals surface area contributed by atoms with Crippen molar-refractivity contribution < 1.29 is 14.4 Å². The Bertz CT molecular complexity index is 1110. The van der Waals surface area contributed by atoms with Gasteiger partial charge in [0.05, 0.1) is 21.7 Å². The fourth-order valence-corrected chi connectivity index (χ4v) is 3.60. The number of nitro benzene ring substituents is 1. The van der Waals surface area contributed by atoms with Crippen molar-refractivity contribution in [3.05, 3.63) is 91.4 Å². The molecule has 0 radical (unpaired) electrons. The number of nitro groups is 1. The van der Waals surface area contributed by atoms with Crippen LogP contribution in [0.2, 0.25) is 0 Å². The maximum atomic E-state index is 10.8. The van der Waals surface area contributed by atoms with Gasteiger partial charge in [0.25, 0.3) is 5.69 Å². The summed E-state index contributed by atoms with van der Waals surface area (Å²) in [5.74, 6) is 1.17. The van der Waals surface area contributed by atoms with Gasteiger partial charge < -0.3 is 9.47 Å². The van der Waals surface area contributed by atoms with E-state index in [1.54, 1.807) is 18.3 Å². The van der Waals surface area contributed by atoms with Crippen molar-refractivity contribution in [1.82, 2.24) is 0 Å². The van der Waals surface area contributed by atoms with Crippen molar-refractivity contribution in [3.63, 3.8) is 0 Å². The van der Waals surface area contributed by atoms with Crippen molar-refractivity contribution in [3.8, 4) is 11.5 Å². The SMILES string of the molecule is CCOc1cc(C=Nc2ccc(C)cc2C)cc(Br)c1OCc1ccc([N+](=O)[O-])cc1. The van der Waals surface area contributed by atoms with Crippen LogP contribution in [-0.4, -0.2) is 17.7 Å². The van der Waals surface area contributed by atoms with Crippen LogP contribution >= 0.6 is 15.9 Å². The second kappa shape index (κ2) is 10.2. The van der Waals surface area contributed by atoms with Gasteiger partial charge in [0, 0.05) is 18.3 Å². The van der Waals surface area contributed by atoms with Crippen molar-refractivity contribution in [2.75, 3.05) is 6.61 Å². The van der Waals surface area contributed by atoms with E-state index in [-0.39, 0.29) is 12.3 Å². The number of hydrogen-bond donors (Lipinski definition) is 0. The van der Waals surface area contributed by atoms with E-state index in [1.807, 2.05) is 38.1 Å². The molecule has 0 bridgehead atoms. The lowest BCUT2D eigenvalue weighted by atomic mass is 10.1. The zero-order valence-corrected chi connectivity index (χ0v) is 19.2. The van der Waals surface area contributed by atoms with Crippen LogP contribution in [0.4, 0.5) is 11.4 Å². The van der Waals surface area contributed by atoms with Crippen molar-refractivity contribution in [1.29, 1.82) is 0 Å². The summed E-state index contributed by atoms with van der Waals surface area (Å²) in [6.45, 7) is 6.74. The molecule has 0 atom stereocenters.